The molecule has 1 fully saturated rings. The zero-order valence-electron chi connectivity index (χ0n) is 14.7. The lowest BCUT2D eigenvalue weighted by molar-refractivity contribution is 0.0681. The first kappa shape index (κ1) is 18.3. The largest absolute Gasteiger partial charge is 0.394 e. The van der Waals surface area contributed by atoms with Gasteiger partial charge in [0.15, 0.2) is 0 Å². The minimum absolute atomic E-state index is 0.00279. The van der Waals surface area contributed by atoms with Gasteiger partial charge in [0, 0.05) is 44.8 Å². The van der Waals surface area contributed by atoms with Crippen LogP contribution in [-0.4, -0.2) is 68.1 Å². The van der Waals surface area contributed by atoms with Gasteiger partial charge in [-0.05, 0) is 37.0 Å². The van der Waals surface area contributed by atoms with Crippen molar-refractivity contribution < 1.29 is 15.0 Å². The van der Waals surface area contributed by atoms with Crippen molar-refractivity contribution in [1.82, 2.24) is 19.7 Å². The van der Waals surface area contributed by atoms with Gasteiger partial charge in [0.25, 0.3) is 5.91 Å². The number of likely N-dealkylation sites (tertiary alicyclic amines) is 1. The van der Waals surface area contributed by atoms with E-state index in [1.54, 1.807) is 24.5 Å². The molecule has 140 valence electrons. The summed E-state index contributed by atoms with van der Waals surface area (Å²) in [7, 11) is 0. The van der Waals surface area contributed by atoms with E-state index in [2.05, 4.69) is 15.4 Å². The minimum atomic E-state index is -0.832. The van der Waals surface area contributed by atoms with Gasteiger partial charge in [-0.15, -0.1) is 0 Å². The van der Waals surface area contributed by atoms with Crippen molar-refractivity contribution in [2.24, 2.45) is 5.92 Å². The summed E-state index contributed by atoms with van der Waals surface area (Å²) < 4.78 is 1.95. The molecule has 3 N–H and O–H groups in total. The molecule has 0 radical (unpaired) electrons. The Balaban J connectivity index is 1.48. The molecule has 0 spiro atoms. The van der Waals surface area contributed by atoms with Crippen molar-refractivity contribution in [3.8, 4) is 0 Å². The van der Waals surface area contributed by atoms with Crippen LogP contribution < -0.4 is 5.32 Å². The van der Waals surface area contributed by atoms with Crippen LogP contribution in [0.3, 0.4) is 0 Å². The Bertz CT molecular complexity index is 681. The Kier molecular flexibility index (Phi) is 6.19. The van der Waals surface area contributed by atoms with Crippen molar-refractivity contribution in [1.29, 1.82) is 0 Å². The average Bonchev–Trinajstić information content (AvgIpc) is 3.19. The van der Waals surface area contributed by atoms with Gasteiger partial charge < -0.3 is 20.4 Å². The maximum absolute atomic E-state index is 12.6. The second-order valence-corrected chi connectivity index (χ2v) is 6.61. The van der Waals surface area contributed by atoms with Crippen molar-refractivity contribution in [2.45, 2.75) is 25.5 Å². The van der Waals surface area contributed by atoms with Crippen LogP contribution in [0.4, 0.5) is 5.82 Å². The topological polar surface area (TPSA) is 104 Å². The van der Waals surface area contributed by atoms with Gasteiger partial charge in [0.05, 0.1) is 18.3 Å². The number of carbonyl (C=O) groups excluding carboxylic acids is 1. The van der Waals surface area contributed by atoms with E-state index < -0.39 is 6.10 Å². The number of anilines is 1. The summed E-state index contributed by atoms with van der Waals surface area (Å²) >= 11 is 0. The first-order valence-corrected chi connectivity index (χ1v) is 8.91. The SMILES string of the molecule is O=C(c1ccc(NCC(O)CO)nc1)N1CCC(Cn2cccn2)CC1. The number of piperidine rings is 1. The van der Waals surface area contributed by atoms with Crippen LogP contribution in [0.15, 0.2) is 36.8 Å². The highest BCUT2D eigenvalue weighted by atomic mass is 16.3. The van der Waals surface area contributed by atoms with Crippen LogP contribution in [0, 0.1) is 5.92 Å². The molecule has 1 saturated heterocycles. The predicted molar refractivity (Wildman–Crippen MR) is 96.7 cm³/mol. The van der Waals surface area contributed by atoms with Crippen LogP contribution in [-0.2, 0) is 6.54 Å². The molecule has 0 saturated carbocycles. The molecule has 3 rings (SSSR count). The number of hydrogen-bond donors (Lipinski definition) is 3. The Hall–Kier alpha value is -2.45. The standard InChI is InChI=1S/C18H25N5O3/c24-13-16(25)11-20-17-3-2-15(10-19-17)18(26)22-8-4-14(5-9-22)12-23-7-1-6-21-23/h1-3,6-7,10,14,16,24-25H,4-5,8-9,11-13H2,(H,19,20). The predicted octanol–water partition coefficient (Wildman–Crippen LogP) is 0.596. The third-order valence-electron chi connectivity index (χ3n) is 4.65. The minimum Gasteiger partial charge on any atom is -0.394 e. The van der Waals surface area contributed by atoms with E-state index in [0.717, 1.165) is 32.5 Å². The van der Waals surface area contributed by atoms with Crippen molar-refractivity contribution in [2.75, 3.05) is 31.6 Å². The molecule has 2 aromatic heterocycles. The lowest BCUT2D eigenvalue weighted by atomic mass is 9.96. The van der Waals surface area contributed by atoms with Gasteiger partial charge in [-0.1, -0.05) is 0 Å². The lowest BCUT2D eigenvalue weighted by Gasteiger charge is -2.32. The van der Waals surface area contributed by atoms with Crippen molar-refractivity contribution in [3.63, 3.8) is 0 Å². The molecule has 0 aliphatic carbocycles. The maximum atomic E-state index is 12.6. The molecular weight excluding hydrogens is 334 g/mol. The lowest BCUT2D eigenvalue weighted by Crippen LogP contribution is -2.39. The number of nitrogens with one attached hydrogen (secondary N) is 1. The summed E-state index contributed by atoms with van der Waals surface area (Å²) in [6, 6.07) is 5.37. The van der Waals surface area contributed by atoms with Crippen LogP contribution in [0.1, 0.15) is 23.2 Å². The van der Waals surface area contributed by atoms with Gasteiger partial charge in [-0.3, -0.25) is 9.48 Å². The highest BCUT2D eigenvalue weighted by Crippen LogP contribution is 2.20. The first-order valence-electron chi connectivity index (χ1n) is 8.91. The summed E-state index contributed by atoms with van der Waals surface area (Å²) in [6.45, 7) is 2.29. The Morgan fingerprint density at radius 1 is 1.35 bits per heavy atom. The number of aromatic nitrogens is 3. The third kappa shape index (κ3) is 4.80. The monoisotopic (exact) mass is 359 g/mol. The third-order valence-corrected chi connectivity index (χ3v) is 4.65. The average molecular weight is 359 g/mol. The summed E-state index contributed by atoms with van der Waals surface area (Å²) in [5, 5.41) is 25.3. The van der Waals surface area contributed by atoms with Gasteiger partial charge in [-0.2, -0.15) is 5.10 Å². The number of hydrogen-bond acceptors (Lipinski definition) is 6. The van der Waals surface area contributed by atoms with E-state index in [-0.39, 0.29) is 19.1 Å². The second-order valence-electron chi connectivity index (χ2n) is 6.61. The second kappa shape index (κ2) is 8.77. The van der Waals surface area contributed by atoms with Gasteiger partial charge >= 0.3 is 0 Å². The van der Waals surface area contributed by atoms with E-state index in [1.807, 2.05) is 21.8 Å². The van der Waals surface area contributed by atoms with E-state index in [0.29, 0.717) is 17.3 Å². The molecule has 1 unspecified atom stereocenters. The molecule has 1 amide bonds. The smallest absolute Gasteiger partial charge is 0.255 e. The summed E-state index contributed by atoms with van der Waals surface area (Å²) in [4.78, 5) is 18.7. The van der Waals surface area contributed by atoms with E-state index in [9.17, 15) is 9.90 Å². The van der Waals surface area contributed by atoms with Gasteiger partial charge in [0.2, 0.25) is 0 Å². The number of rotatable bonds is 7. The zero-order valence-corrected chi connectivity index (χ0v) is 14.7. The van der Waals surface area contributed by atoms with Crippen molar-refractivity contribution in [3.05, 3.63) is 42.4 Å². The molecule has 1 aliphatic heterocycles. The Morgan fingerprint density at radius 2 is 2.15 bits per heavy atom. The fraction of sp³-hybridized carbons (Fsp3) is 0.500. The highest BCUT2D eigenvalue weighted by Gasteiger charge is 2.24. The number of aliphatic hydroxyl groups excluding tert-OH is 2. The first-order chi connectivity index (χ1) is 12.7. The van der Waals surface area contributed by atoms with Gasteiger partial charge in [0.1, 0.15) is 5.82 Å². The molecule has 0 aromatic carbocycles. The van der Waals surface area contributed by atoms with Crippen LogP contribution in [0.5, 0.6) is 0 Å². The normalized spacial score (nSPS) is 16.5. The number of pyridine rings is 1. The number of nitrogens with zero attached hydrogens (tertiary/aromatic N) is 4. The molecule has 3 heterocycles. The number of carbonyl (C=O) groups is 1. The van der Waals surface area contributed by atoms with Crippen molar-refractivity contribution >= 4 is 11.7 Å². The Labute approximate surface area is 152 Å². The zero-order chi connectivity index (χ0) is 18.4. The van der Waals surface area contributed by atoms with Crippen LogP contribution >= 0.6 is 0 Å². The summed E-state index contributed by atoms with van der Waals surface area (Å²) in [6.07, 6.45) is 6.41. The van der Waals surface area contributed by atoms with E-state index >= 15 is 0 Å². The fourth-order valence-electron chi connectivity index (χ4n) is 3.09. The number of amides is 1. The molecule has 1 aliphatic rings. The molecular formula is C18H25N5O3. The molecule has 0 bridgehead atoms. The summed E-state index contributed by atoms with van der Waals surface area (Å²) in [5.41, 5.74) is 0.559. The molecule has 1 atom stereocenters. The Morgan fingerprint density at radius 3 is 2.77 bits per heavy atom. The number of aliphatic hydroxyl groups is 2. The van der Waals surface area contributed by atoms with E-state index in [4.69, 9.17) is 5.11 Å². The van der Waals surface area contributed by atoms with Crippen LogP contribution in [0.2, 0.25) is 0 Å². The highest BCUT2D eigenvalue weighted by molar-refractivity contribution is 5.94. The molecule has 2 aromatic rings. The molecule has 8 heteroatoms. The maximum Gasteiger partial charge on any atom is 0.255 e. The van der Waals surface area contributed by atoms with Gasteiger partial charge in [-0.25, -0.2) is 4.98 Å². The van der Waals surface area contributed by atoms with Crippen LogP contribution in [0.25, 0.3) is 0 Å². The molecule has 8 nitrogen and oxygen atoms in total. The van der Waals surface area contributed by atoms with E-state index in [1.165, 1.54) is 0 Å². The summed E-state index contributed by atoms with van der Waals surface area (Å²) in [5.74, 6) is 1.10. The fourth-order valence-corrected chi connectivity index (χ4v) is 3.09. The molecule has 26 heavy (non-hydrogen) atoms. The quantitative estimate of drug-likeness (QED) is 0.669.